The van der Waals surface area contributed by atoms with Crippen molar-refractivity contribution < 1.29 is 4.79 Å². The molecule has 1 N–H and O–H groups in total. The first-order valence-corrected chi connectivity index (χ1v) is 5.60. The minimum Gasteiger partial charge on any atom is -0.374 e. The smallest absolute Gasteiger partial charge is 0.160 e. The van der Waals surface area contributed by atoms with Gasteiger partial charge in [0, 0.05) is 17.3 Å². The predicted molar refractivity (Wildman–Crippen MR) is 67.1 cm³/mol. The number of carbonyl (C=O) groups is 1. The van der Waals surface area contributed by atoms with Gasteiger partial charge in [0.05, 0.1) is 11.4 Å². The van der Waals surface area contributed by atoms with Crippen LogP contribution in [-0.4, -0.2) is 17.8 Å². The van der Waals surface area contributed by atoms with Gasteiger partial charge in [-0.05, 0) is 18.6 Å². The van der Waals surface area contributed by atoms with Crippen molar-refractivity contribution in [3.8, 4) is 12.3 Å². The van der Waals surface area contributed by atoms with Crippen molar-refractivity contribution in [2.45, 2.75) is 6.92 Å². The number of aromatic nitrogens is 1. The molecule has 0 aliphatic rings. The van der Waals surface area contributed by atoms with Crippen molar-refractivity contribution in [1.29, 1.82) is 0 Å². The zero-order chi connectivity index (χ0) is 11.5. The second-order valence-electron chi connectivity index (χ2n) is 3.31. The third-order valence-corrected chi connectivity index (χ3v) is 3.48. The summed E-state index contributed by atoms with van der Waals surface area (Å²) in [5.41, 5.74) is 1.90. The molecule has 0 amide bonds. The number of nitrogens with zero attached hydrogens (tertiary/aromatic N) is 1. The van der Waals surface area contributed by atoms with Crippen LogP contribution in [0.2, 0.25) is 0 Å². The number of thiophene rings is 1. The maximum atomic E-state index is 10.9. The van der Waals surface area contributed by atoms with Gasteiger partial charge in [-0.15, -0.1) is 17.8 Å². The van der Waals surface area contributed by atoms with E-state index in [9.17, 15) is 4.79 Å². The monoisotopic (exact) mass is 230 g/mol. The van der Waals surface area contributed by atoms with Crippen molar-refractivity contribution in [2.24, 2.45) is 0 Å². The molecule has 0 bridgehead atoms. The molecule has 2 aromatic heterocycles. The topological polar surface area (TPSA) is 42.0 Å². The largest absolute Gasteiger partial charge is 0.374 e. The maximum Gasteiger partial charge on any atom is 0.160 e. The Hall–Kier alpha value is -1.86. The van der Waals surface area contributed by atoms with E-state index in [2.05, 4.69) is 16.2 Å². The molecule has 3 nitrogen and oxygen atoms in total. The van der Waals surface area contributed by atoms with Crippen molar-refractivity contribution in [1.82, 2.24) is 4.98 Å². The lowest BCUT2D eigenvalue weighted by Gasteiger charge is -2.04. The zero-order valence-electron chi connectivity index (χ0n) is 8.78. The molecule has 0 aliphatic carbocycles. The molecule has 2 rings (SSSR count). The fraction of sp³-hybridized carbons (Fsp3) is 0.167. The summed E-state index contributed by atoms with van der Waals surface area (Å²) in [6, 6.07) is 1.87. The average molecular weight is 230 g/mol. The third kappa shape index (κ3) is 1.66. The van der Waals surface area contributed by atoms with E-state index in [0.29, 0.717) is 6.54 Å². The molecule has 80 valence electrons. The minimum atomic E-state index is 0.463. The van der Waals surface area contributed by atoms with Crippen molar-refractivity contribution in [3.05, 3.63) is 22.7 Å². The highest BCUT2D eigenvalue weighted by Crippen LogP contribution is 2.33. The molecule has 0 fully saturated rings. The van der Waals surface area contributed by atoms with E-state index >= 15 is 0 Å². The van der Waals surface area contributed by atoms with Crippen molar-refractivity contribution >= 4 is 33.5 Å². The van der Waals surface area contributed by atoms with Gasteiger partial charge in [0.25, 0.3) is 0 Å². The summed E-state index contributed by atoms with van der Waals surface area (Å²) in [6.45, 7) is 2.39. The number of aldehydes is 1. The van der Waals surface area contributed by atoms with E-state index in [1.165, 1.54) is 11.3 Å². The number of carbonyl (C=O) groups excluding carboxylic acids is 1. The fourth-order valence-corrected chi connectivity index (χ4v) is 2.58. The number of terminal acetylenes is 1. The van der Waals surface area contributed by atoms with Crippen LogP contribution < -0.4 is 5.32 Å². The number of nitrogens with one attached hydrogen (secondary N) is 1. The van der Waals surface area contributed by atoms with Gasteiger partial charge in [-0.25, -0.2) is 4.98 Å². The molecule has 2 heterocycles. The Bertz CT molecular complexity index is 580. The molecule has 0 radical (unpaired) electrons. The Labute approximate surface area is 97.5 Å². The Kier molecular flexibility index (Phi) is 2.88. The summed E-state index contributed by atoms with van der Waals surface area (Å²) in [6.07, 6.45) is 7.79. The lowest BCUT2D eigenvalue weighted by molar-refractivity contribution is 0.112. The lowest BCUT2D eigenvalue weighted by atomic mass is 10.1. The Morgan fingerprint density at radius 2 is 2.50 bits per heavy atom. The van der Waals surface area contributed by atoms with E-state index in [-0.39, 0.29) is 0 Å². The van der Waals surface area contributed by atoms with E-state index < -0.39 is 0 Å². The number of anilines is 1. The third-order valence-electron chi connectivity index (χ3n) is 2.36. The first-order chi connectivity index (χ1) is 7.77. The molecular formula is C12H10N2OS. The molecular weight excluding hydrogens is 220 g/mol. The highest BCUT2D eigenvalue weighted by molar-refractivity contribution is 7.20. The van der Waals surface area contributed by atoms with Crippen LogP contribution in [0.15, 0.2) is 12.3 Å². The van der Waals surface area contributed by atoms with Crippen molar-refractivity contribution in [2.75, 3.05) is 11.9 Å². The van der Waals surface area contributed by atoms with Gasteiger partial charge in [0.1, 0.15) is 4.83 Å². The Morgan fingerprint density at radius 1 is 1.69 bits per heavy atom. The number of aryl methyl sites for hydroxylation is 1. The van der Waals surface area contributed by atoms with Crippen LogP contribution in [0, 0.1) is 19.3 Å². The summed E-state index contributed by atoms with van der Waals surface area (Å²) >= 11 is 1.40. The molecule has 0 atom stereocenters. The Morgan fingerprint density at radius 3 is 3.19 bits per heavy atom. The van der Waals surface area contributed by atoms with Gasteiger partial charge in [0.15, 0.2) is 6.29 Å². The summed E-state index contributed by atoms with van der Waals surface area (Å²) in [7, 11) is 0. The SMILES string of the molecule is C#CCNc1ccnc2sc(C=O)c(C)c12. The summed E-state index contributed by atoms with van der Waals surface area (Å²) in [4.78, 5) is 16.7. The molecule has 16 heavy (non-hydrogen) atoms. The van der Waals surface area contributed by atoms with Gasteiger partial charge < -0.3 is 5.32 Å². The first-order valence-electron chi connectivity index (χ1n) is 4.78. The number of pyridine rings is 1. The predicted octanol–water partition coefficient (Wildman–Crippen LogP) is 2.46. The Balaban J connectivity index is 2.62. The lowest BCUT2D eigenvalue weighted by Crippen LogP contribution is -1.99. The van der Waals surface area contributed by atoms with E-state index in [1.807, 2.05) is 13.0 Å². The minimum absolute atomic E-state index is 0.463. The van der Waals surface area contributed by atoms with E-state index in [0.717, 1.165) is 32.6 Å². The molecule has 0 spiro atoms. The number of fused-ring (bicyclic) bond motifs is 1. The average Bonchev–Trinajstić information content (AvgIpc) is 2.64. The van der Waals surface area contributed by atoms with Gasteiger partial charge in [0.2, 0.25) is 0 Å². The zero-order valence-corrected chi connectivity index (χ0v) is 9.60. The van der Waals surface area contributed by atoms with Gasteiger partial charge in [-0.2, -0.15) is 0 Å². The summed E-state index contributed by atoms with van der Waals surface area (Å²) in [5, 5.41) is 4.12. The highest BCUT2D eigenvalue weighted by Gasteiger charge is 2.11. The van der Waals surface area contributed by atoms with Crippen LogP contribution in [0.5, 0.6) is 0 Å². The van der Waals surface area contributed by atoms with Gasteiger partial charge in [-0.1, -0.05) is 5.92 Å². The number of rotatable bonds is 3. The number of hydrogen-bond donors (Lipinski definition) is 1. The first kappa shape index (κ1) is 10.7. The molecule has 0 saturated heterocycles. The van der Waals surface area contributed by atoms with Crippen LogP contribution in [-0.2, 0) is 0 Å². The maximum absolute atomic E-state index is 10.9. The fourth-order valence-electron chi connectivity index (χ4n) is 1.59. The normalized spacial score (nSPS) is 10.0. The highest BCUT2D eigenvalue weighted by atomic mass is 32.1. The second kappa shape index (κ2) is 4.33. The second-order valence-corrected chi connectivity index (χ2v) is 4.34. The standard InChI is InChI=1S/C12H10N2OS/c1-3-5-13-9-4-6-14-12-11(9)8(2)10(7-15)16-12/h1,4,6-7H,5H2,2H3,(H,13,14). The van der Waals surface area contributed by atoms with Gasteiger partial charge in [-0.3, -0.25) is 4.79 Å². The molecule has 0 saturated carbocycles. The van der Waals surface area contributed by atoms with Gasteiger partial charge >= 0.3 is 0 Å². The van der Waals surface area contributed by atoms with Crippen LogP contribution in [0.4, 0.5) is 5.69 Å². The van der Waals surface area contributed by atoms with Crippen LogP contribution >= 0.6 is 11.3 Å². The quantitative estimate of drug-likeness (QED) is 0.650. The molecule has 2 aromatic rings. The molecule has 0 aromatic carbocycles. The summed E-state index contributed by atoms with van der Waals surface area (Å²) < 4.78 is 0. The van der Waals surface area contributed by atoms with Crippen LogP contribution in [0.3, 0.4) is 0 Å². The van der Waals surface area contributed by atoms with E-state index in [4.69, 9.17) is 6.42 Å². The van der Waals surface area contributed by atoms with Crippen LogP contribution in [0.1, 0.15) is 15.2 Å². The van der Waals surface area contributed by atoms with Crippen LogP contribution in [0.25, 0.3) is 10.2 Å². The van der Waals surface area contributed by atoms with Crippen molar-refractivity contribution in [3.63, 3.8) is 0 Å². The molecule has 0 unspecified atom stereocenters. The number of hydrogen-bond acceptors (Lipinski definition) is 4. The summed E-state index contributed by atoms with van der Waals surface area (Å²) in [5.74, 6) is 2.52. The van der Waals surface area contributed by atoms with E-state index in [1.54, 1.807) is 6.20 Å². The molecule has 4 heteroatoms. The molecule has 0 aliphatic heterocycles.